The van der Waals surface area contributed by atoms with Gasteiger partial charge in [-0.05, 0) is 36.2 Å². The molecule has 0 radical (unpaired) electrons. The highest BCUT2D eigenvalue weighted by molar-refractivity contribution is 5.78. The van der Waals surface area contributed by atoms with Crippen LogP contribution in [0.4, 0.5) is 0 Å². The molecule has 1 heterocycles. The molecular weight excluding hydrogens is 342 g/mol. The second kappa shape index (κ2) is 9.19. The SMILES string of the molecule is CCc1ccc(OCCn2c(CNC(=O)COC)nc3ccccc32)cc1. The van der Waals surface area contributed by atoms with Gasteiger partial charge in [-0.3, -0.25) is 4.79 Å². The van der Waals surface area contributed by atoms with Crippen LogP contribution in [0.1, 0.15) is 18.3 Å². The van der Waals surface area contributed by atoms with E-state index in [2.05, 4.69) is 33.9 Å². The quantitative estimate of drug-likeness (QED) is 0.631. The van der Waals surface area contributed by atoms with Gasteiger partial charge in [0.15, 0.2) is 0 Å². The van der Waals surface area contributed by atoms with Gasteiger partial charge in [0.05, 0.1) is 24.1 Å². The summed E-state index contributed by atoms with van der Waals surface area (Å²) in [5.41, 5.74) is 3.22. The topological polar surface area (TPSA) is 65.4 Å². The second-order valence-corrected chi connectivity index (χ2v) is 6.22. The number of nitrogens with zero attached hydrogens (tertiary/aromatic N) is 2. The van der Waals surface area contributed by atoms with Crippen molar-refractivity contribution in [2.45, 2.75) is 26.4 Å². The van der Waals surface area contributed by atoms with Crippen molar-refractivity contribution >= 4 is 16.9 Å². The number of fused-ring (bicyclic) bond motifs is 1. The van der Waals surface area contributed by atoms with E-state index in [9.17, 15) is 4.79 Å². The molecule has 0 bridgehead atoms. The Hall–Kier alpha value is -2.86. The van der Waals surface area contributed by atoms with E-state index in [1.165, 1.54) is 12.7 Å². The first-order valence-electron chi connectivity index (χ1n) is 9.12. The van der Waals surface area contributed by atoms with Crippen molar-refractivity contribution in [1.29, 1.82) is 0 Å². The zero-order valence-corrected chi connectivity index (χ0v) is 15.8. The number of ether oxygens (including phenoxy) is 2. The minimum Gasteiger partial charge on any atom is -0.492 e. The zero-order chi connectivity index (χ0) is 19.1. The van der Waals surface area contributed by atoms with Crippen molar-refractivity contribution in [3.63, 3.8) is 0 Å². The summed E-state index contributed by atoms with van der Waals surface area (Å²) in [6.07, 6.45) is 1.01. The standard InChI is InChI=1S/C21H25N3O3/c1-3-16-8-10-17(11-9-16)27-13-12-24-19-7-5-4-6-18(19)23-20(24)14-22-21(25)15-26-2/h4-11H,3,12-15H2,1-2H3,(H,22,25). The first-order valence-corrected chi connectivity index (χ1v) is 9.12. The molecule has 0 aliphatic rings. The van der Waals surface area contributed by atoms with E-state index >= 15 is 0 Å². The lowest BCUT2D eigenvalue weighted by Crippen LogP contribution is -2.28. The summed E-state index contributed by atoms with van der Waals surface area (Å²) in [7, 11) is 1.50. The van der Waals surface area contributed by atoms with Crippen molar-refractivity contribution in [1.82, 2.24) is 14.9 Å². The number of para-hydroxylation sites is 2. The summed E-state index contributed by atoms with van der Waals surface area (Å²) in [5, 5.41) is 2.83. The molecule has 6 heteroatoms. The largest absolute Gasteiger partial charge is 0.492 e. The van der Waals surface area contributed by atoms with Crippen LogP contribution in [-0.4, -0.2) is 35.8 Å². The fourth-order valence-corrected chi connectivity index (χ4v) is 2.95. The number of amides is 1. The smallest absolute Gasteiger partial charge is 0.246 e. The Bertz CT molecular complexity index is 887. The molecule has 0 aliphatic heterocycles. The van der Waals surface area contributed by atoms with Gasteiger partial charge in [-0.15, -0.1) is 0 Å². The maximum absolute atomic E-state index is 11.7. The van der Waals surface area contributed by atoms with Crippen LogP contribution in [0, 0.1) is 0 Å². The van der Waals surface area contributed by atoms with E-state index in [-0.39, 0.29) is 12.5 Å². The van der Waals surface area contributed by atoms with Gasteiger partial charge in [0.2, 0.25) is 5.91 Å². The highest BCUT2D eigenvalue weighted by atomic mass is 16.5. The number of aromatic nitrogens is 2. The van der Waals surface area contributed by atoms with Crippen molar-refractivity contribution in [2.75, 3.05) is 20.3 Å². The summed E-state index contributed by atoms with van der Waals surface area (Å²) < 4.78 is 12.8. The number of benzene rings is 2. The van der Waals surface area contributed by atoms with Crippen LogP contribution in [0.5, 0.6) is 5.75 Å². The molecule has 0 atom stereocenters. The number of methoxy groups -OCH3 is 1. The highest BCUT2D eigenvalue weighted by Gasteiger charge is 2.11. The normalized spacial score (nSPS) is 10.9. The molecule has 2 aromatic carbocycles. The molecule has 6 nitrogen and oxygen atoms in total. The van der Waals surface area contributed by atoms with E-state index in [1.807, 2.05) is 36.4 Å². The number of nitrogens with one attached hydrogen (secondary N) is 1. The Morgan fingerprint density at radius 2 is 1.93 bits per heavy atom. The van der Waals surface area contributed by atoms with Crippen LogP contribution in [0.25, 0.3) is 11.0 Å². The van der Waals surface area contributed by atoms with Crippen molar-refractivity contribution in [2.24, 2.45) is 0 Å². The Morgan fingerprint density at radius 1 is 1.15 bits per heavy atom. The van der Waals surface area contributed by atoms with E-state index in [0.29, 0.717) is 19.7 Å². The van der Waals surface area contributed by atoms with Gasteiger partial charge >= 0.3 is 0 Å². The van der Waals surface area contributed by atoms with E-state index in [4.69, 9.17) is 9.47 Å². The number of hydrogen-bond acceptors (Lipinski definition) is 4. The number of carbonyl (C=O) groups excluding carboxylic acids is 1. The van der Waals surface area contributed by atoms with Crippen LogP contribution < -0.4 is 10.1 Å². The summed E-state index contributed by atoms with van der Waals surface area (Å²) in [4.78, 5) is 16.3. The van der Waals surface area contributed by atoms with Gasteiger partial charge in [0, 0.05) is 7.11 Å². The van der Waals surface area contributed by atoms with Gasteiger partial charge in [0.1, 0.15) is 24.8 Å². The van der Waals surface area contributed by atoms with Crippen LogP contribution in [-0.2, 0) is 29.0 Å². The third kappa shape index (κ3) is 4.86. The average molecular weight is 367 g/mol. The molecule has 3 aromatic rings. The predicted octanol–water partition coefficient (Wildman–Crippen LogP) is 2.94. The molecule has 0 aliphatic carbocycles. The molecule has 142 valence electrons. The van der Waals surface area contributed by atoms with Gasteiger partial charge in [-0.25, -0.2) is 4.98 Å². The number of carbonyl (C=O) groups is 1. The number of rotatable bonds is 9. The summed E-state index contributed by atoms with van der Waals surface area (Å²) in [6, 6.07) is 16.1. The lowest BCUT2D eigenvalue weighted by atomic mass is 10.2. The zero-order valence-electron chi connectivity index (χ0n) is 15.8. The minimum absolute atomic E-state index is 0.0388. The Balaban J connectivity index is 1.69. The summed E-state index contributed by atoms with van der Waals surface area (Å²) in [5.74, 6) is 1.49. The lowest BCUT2D eigenvalue weighted by molar-refractivity contribution is -0.124. The molecule has 1 amide bonds. The predicted molar refractivity (Wildman–Crippen MR) is 105 cm³/mol. The van der Waals surface area contributed by atoms with Gasteiger partial charge < -0.3 is 19.4 Å². The maximum atomic E-state index is 11.7. The molecule has 0 saturated carbocycles. The van der Waals surface area contributed by atoms with Crippen molar-refractivity contribution in [3.05, 3.63) is 59.9 Å². The van der Waals surface area contributed by atoms with E-state index < -0.39 is 0 Å². The third-order valence-electron chi connectivity index (χ3n) is 4.37. The average Bonchev–Trinajstić information content (AvgIpc) is 3.05. The number of imidazole rings is 1. The molecule has 0 unspecified atom stereocenters. The monoisotopic (exact) mass is 367 g/mol. The molecule has 27 heavy (non-hydrogen) atoms. The Morgan fingerprint density at radius 3 is 2.67 bits per heavy atom. The van der Waals surface area contributed by atoms with Crippen LogP contribution >= 0.6 is 0 Å². The first kappa shape index (κ1) is 18.9. The summed E-state index contributed by atoms with van der Waals surface area (Å²) >= 11 is 0. The highest BCUT2D eigenvalue weighted by Crippen LogP contribution is 2.17. The van der Waals surface area contributed by atoms with Crippen LogP contribution in [0.2, 0.25) is 0 Å². The number of hydrogen-bond donors (Lipinski definition) is 1. The summed E-state index contributed by atoms with van der Waals surface area (Å²) in [6.45, 7) is 3.68. The first-order chi connectivity index (χ1) is 13.2. The van der Waals surface area contributed by atoms with Gasteiger partial charge in [-0.1, -0.05) is 31.2 Å². The maximum Gasteiger partial charge on any atom is 0.246 e. The van der Waals surface area contributed by atoms with Gasteiger partial charge in [-0.2, -0.15) is 0 Å². The fourth-order valence-electron chi connectivity index (χ4n) is 2.95. The Kier molecular flexibility index (Phi) is 6.44. The van der Waals surface area contributed by atoms with E-state index in [0.717, 1.165) is 29.0 Å². The molecular formula is C21H25N3O3. The fraction of sp³-hybridized carbons (Fsp3) is 0.333. The molecule has 1 N–H and O–H groups in total. The molecule has 0 saturated heterocycles. The molecule has 0 spiro atoms. The van der Waals surface area contributed by atoms with Crippen molar-refractivity contribution in [3.8, 4) is 5.75 Å². The van der Waals surface area contributed by atoms with Gasteiger partial charge in [0.25, 0.3) is 0 Å². The minimum atomic E-state index is -0.164. The molecule has 1 aromatic heterocycles. The van der Waals surface area contributed by atoms with Crippen LogP contribution in [0.3, 0.4) is 0 Å². The molecule has 0 fully saturated rings. The Labute approximate surface area is 159 Å². The van der Waals surface area contributed by atoms with Crippen LogP contribution in [0.15, 0.2) is 48.5 Å². The third-order valence-corrected chi connectivity index (χ3v) is 4.37. The lowest BCUT2D eigenvalue weighted by Gasteiger charge is -2.12. The van der Waals surface area contributed by atoms with Crippen molar-refractivity contribution < 1.29 is 14.3 Å². The van der Waals surface area contributed by atoms with E-state index in [1.54, 1.807) is 0 Å². The number of aryl methyl sites for hydroxylation is 1. The second-order valence-electron chi connectivity index (χ2n) is 6.22. The molecule has 3 rings (SSSR count).